The quantitative estimate of drug-likeness (QED) is 0.878. The van der Waals surface area contributed by atoms with Crippen LogP contribution in [0.25, 0.3) is 11.1 Å². The molecule has 0 aromatic heterocycles. The average molecular weight is 279 g/mol. The van der Waals surface area contributed by atoms with Crippen LogP contribution in [0, 0.1) is 0 Å². The SMILES string of the molecule is CC1CC(C)(C)c2cccc(-c3ccccc3C(N)=O)c21. The smallest absolute Gasteiger partial charge is 0.249 e. The zero-order valence-corrected chi connectivity index (χ0v) is 12.8. The first-order valence-electron chi connectivity index (χ1n) is 7.44. The Morgan fingerprint density at radius 2 is 1.76 bits per heavy atom. The van der Waals surface area contributed by atoms with Gasteiger partial charge in [-0.25, -0.2) is 0 Å². The highest BCUT2D eigenvalue weighted by Crippen LogP contribution is 2.49. The number of hydrogen-bond donors (Lipinski definition) is 1. The van der Waals surface area contributed by atoms with Crippen molar-refractivity contribution in [3.63, 3.8) is 0 Å². The van der Waals surface area contributed by atoms with Crippen molar-refractivity contribution in [3.8, 4) is 11.1 Å². The van der Waals surface area contributed by atoms with E-state index in [1.807, 2.05) is 24.3 Å². The van der Waals surface area contributed by atoms with E-state index in [0.717, 1.165) is 17.5 Å². The molecular formula is C19H21NO. The van der Waals surface area contributed by atoms with Gasteiger partial charge in [-0.3, -0.25) is 4.79 Å². The Labute approximate surface area is 126 Å². The summed E-state index contributed by atoms with van der Waals surface area (Å²) < 4.78 is 0. The fourth-order valence-corrected chi connectivity index (χ4v) is 3.83. The summed E-state index contributed by atoms with van der Waals surface area (Å²) in [5, 5.41) is 0. The third kappa shape index (κ3) is 2.15. The van der Waals surface area contributed by atoms with Gasteiger partial charge in [-0.1, -0.05) is 57.2 Å². The molecule has 1 amide bonds. The van der Waals surface area contributed by atoms with E-state index in [2.05, 4.69) is 39.0 Å². The first-order chi connectivity index (χ1) is 9.92. The van der Waals surface area contributed by atoms with Crippen LogP contribution in [0.3, 0.4) is 0 Å². The standard InChI is InChI=1S/C19H21NO/c1-12-11-19(2,3)16-10-6-9-14(17(12)16)13-7-4-5-8-15(13)18(20)21/h4-10,12H,11H2,1-3H3,(H2,20,21). The Morgan fingerprint density at radius 3 is 2.48 bits per heavy atom. The Balaban J connectivity index is 2.28. The molecule has 0 spiro atoms. The van der Waals surface area contributed by atoms with Gasteiger partial charge in [0.25, 0.3) is 0 Å². The van der Waals surface area contributed by atoms with Crippen molar-refractivity contribution in [3.05, 3.63) is 59.2 Å². The van der Waals surface area contributed by atoms with Crippen LogP contribution in [0.2, 0.25) is 0 Å². The molecule has 2 aromatic carbocycles. The van der Waals surface area contributed by atoms with Gasteiger partial charge >= 0.3 is 0 Å². The summed E-state index contributed by atoms with van der Waals surface area (Å²) in [6.45, 7) is 6.85. The van der Waals surface area contributed by atoms with Crippen LogP contribution in [-0.2, 0) is 5.41 Å². The lowest BCUT2D eigenvalue weighted by atomic mass is 9.85. The molecule has 0 radical (unpaired) electrons. The normalized spacial score (nSPS) is 19.3. The maximum Gasteiger partial charge on any atom is 0.249 e. The molecule has 0 bridgehead atoms. The highest BCUT2D eigenvalue weighted by atomic mass is 16.1. The van der Waals surface area contributed by atoms with Crippen molar-refractivity contribution in [1.29, 1.82) is 0 Å². The molecule has 3 rings (SSSR count). The van der Waals surface area contributed by atoms with Crippen molar-refractivity contribution in [2.45, 2.75) is 38.5 Å². The van der Waals surface area contributed by atoms with E-state index in [4.69, 9.17) is 5.73 Å². The van der Waals surface area contributed by atoms with Crippen molar-refractivity contribution >= 4 is 5.91 Å². The van der Waals surface area contributed by atoms with Crippen LogP contribution in [-0.4, -0.2) is 5.91 Å². The van der Waals surface area contributed by atoms with Gasteiger partial charge < -0.3 is 5.73 Å². The average Bonchev–Trinajstić information content (AvgIpc) is 2.69. The zero-order valence-electron chi connectivity index (χ0n) is 12.8. The first-order valence-corrected chi connectivity index (χ1v) is 7.44. The molecule has 1 aliphatic carbocycles. The first kappa shape index (κ1) is 13.9. The molecule has 0 saturated heterocycles. The minimum atomic E-state index is -0.367. The summed E-state index contributed by atoms with van der Waals surface area (Å²) >= 11 is 0. The second-order valence-corrected chi connectivity index (χ2v) is 6.67. The van der Waals surface area contributed by atoms with Gasteiger partial charge in [0.2, 0.25) is 5.91 Å². The monoisotopic (exact) mass is 279 g/mol. The maximum absolute atomic E-state index is 11.7. The van der Waals surface area contributed by atoms with E-state index in [9.17, 15) is 4.79 Å². The Morgan fingerprint density at radius 1 is 1.10 bits per heavy atom. The molecule has 2 nitrogen and oxygen atoms in total. The van der Waals surface area contributed by atoms with Crippen LogP contribution in [0.1, 0.15) is 54.6 Å². The molecule has 2 N–H and O–H groups in total. The Hall–Kier alpha value is -2.09. The summed E-state index contributed by atoms with van der Waals surface area (Å²) in [6, 6.07) is 14.0. The van der Waals surface area contributed by atoms with Gasteiger partial charge in [0.15, 0.2) is 0 Å². The molecule has 1 unspecified atom stereocenters. The Kier molecular flexibility index (Phi) is 3.12. The zero-order chi connectivity index (χ0) is 15.2. The summed E-state index contributed by atoms with van der Waals surface area (Å²) in [4.78, 5) is 11.7. The molecule has 21 heavy (non-hydrogen) atoms. The highest BCUT2D eigenvalue weighted by molar-refractivity contribution is 6.00. The second kappa shape index (κ2) is 4.73. The van der Waals surface area contributed by atoms with E-state index < -0.39 is 0 Å². The van der Waals surface area contributed by atoms with Gasteiger partial charge in [-0.15, -0.1) is 0 Å². The fraction of sp³-hybridized carbons (Fsp3) is 0.316. The van der Waals surface area contributed by atoms with Gasteiger partial charge in [-0.2, -0.15) is 0 Å². The molecule has 1 aliphatic rings. The lowest BCUT2D eigenvalue weighted by Crippen LogP contribution is -2.13. The molecule has 0 fully saturated rings. The number of nitrogens with two attached hydrogens (primary N) is 1. The molecule has 0 aliphatic heterocycles. The molecule has 0 saturated carbocycles. The second-order valence-electron chi connectivity index (χ2n) is 6.67. The third-order valence-corrected chi connectivity index (χ3v) is 4.63. The minimum absolute atomic E-state index is 0.187. The van der Waals surface area contributed by atoms with Crippen molar-refractivity contribution < 1.29 is 4.79 Å². The topological polar surface area (TPSA) is 43.1 Å². The molecule has 2 aromatic rings. The number of amides is 1. The van der Waals surface area contributed by atoms with E-state index >= 15 is 0 Å². The Bertz CT molecular complexity index is 715. The van der Waals surface area contributed by atoms with E-state index in [1.165, 1.54) is 11.1 Å². The van der Waals surface area contributed by atoms with Crippen LogP contribution in [0.15, 0.2) is 42.5 Å². The lowest BCUT2D eigenvalue weighted by molar-refractivity contribution is 0.100. The van der Waals surface area contributed by atoms with E-state index in [-0.39, 0.29) is 11.3 Å². The van der Waals surface area contributed by atoms with Crippen molar-refractivity contribution in [2.75, 3.05) is 0 Å². The number of carbonyl (C=O) groups excluding carboxylic acids is 1. The van der Waals surface area contributed by atoms with E-state index in [0.29, 0.717) is 11.5 Å². The number of benzene rings is 2. The lowest BCUT2D eigenvalue weighted by Gasteiger charge is -2.19. The number of carbonyl (C=O) groups is 1. The minimum Gasteiger partial charge on any atom is -0.366 e. The summed E-state index contributed by atoms with van der Waals surface area (Å²) in [5.41, 5.74) is 11.2. The summed E-state index contributed by atoms with van der Waals surface area (Å²) in [5.74, 6) is 0.125. The van der Waals surface area contributed by atoms with Crippen LogP contribution in [0.4, 0.5) is 0 Å². The van der Waals surface area contributed by atoms with Crippen LogP contribution >= 0.6 is 0 Å². The number of fused-ring (bicyclic) bond motifs is 1. The predicted octanol–water partition coefficient (Wildman–Crippen LogP) is 4.24. The van der Waals surface area contributed by atoms with Crippen molar-refractivity contribution in [1.82, 2.24) is 0 Å². The molecule has 108 valence electrons. The molecule has 1 atom stereocenters. The van der Waals surface area contributed by atoms with Crippen LogP contribution in [0.5, 0.6) is 0 Å². The molecule has 2 heteroatoms. The summed E-state index contributed by atoms with van der Waals surface area (Å²) in [7, 11) is 0. The number of primary amides is 1. The predicted molar refractivity (Wildman–Crippen MR) is 86.5 cm³/mol. The van der Waals surface area contributed by atoms with Gasteiger partial charge in [0, 0.05) is 5.56 Å². The molecular weight excluding hydrogens is 258 g/mol. The van der Waals surface area contributed by atoms with E-state index in [1.54, 1.807) is 0 Å². The van der Waals surface area contributed by atoms with Gasteiger partial charge in [0.05, 0.1) is 0 Å². The van der Waals surface area contributed by atoms with Crippen LogP contribution < -0.4 is 5.73 Å². The van der Waals surface area contributed by atoms with Gasteiger partial charge in [-0.05, 0) is 46.1 Å². The van der Waals surface area contributed by atoms with Crippen molar-refractivity contribution in [2.24, 2.45) is 5.73 Å². The molecule has 0 heterocycles. The largest absolute Gasteiger partial charge is 0.366 e. The third-order valence-electron chi connectivity index (χ3n) is 4.63. The highest BCUT2D eigenvalue weighted by Gasteiger charge is 2.36. The number of rotatable bonds is 2. The maximum atomic E-state index is 11.7. The summed E-state index contributed by atoms with van der Waals surface area (Å²) in [6.07, 6.45) is 1.14. The van der Waals surface area contributed by atoms with Gasteiger partial charge in [0.1, 0.15) is 0 Å². The number of hydrogen-bond acceptors (Lipinski definition) is 1. The fourth-order valence-electron chi connectivity index (χ4n) is 3.83.